The molecule has 2 fully saturated rings. The number of anilines is 2. The number of benzene rings is 3. The Bertz CT molecular complexity index is 1410. The summed E-state index contributed by atoms with van der Waals surface area (Å²) in [6.07, 6.45) is 3.43. The molecular weight excluding hydrogens is 516 g/mol. The Morgan fingerprint density at radius 3 is 2.12 bits per heavy atom. The summed E-state index contributed by atoms with van der Waals surface area (Å²) in [5.74, 6) is -0.0882. The van der Waals surface area contributed by atoms with Crippen LogP contribution in [-0.2, 0) is 27.3 Å². The van der Waals surface area contributed by atoms with Crippen LogP contribution in [0.5, 0.6) is 0 Å². The van der Waals surface area contributed by atoms with Gasteiger partial charge in [0, 0.05) is 55.5 Å². The van der Waals surface area contributed by atoms with Gasteiger partial charge < -0.3 is 20.4 Å². The highest BCUT2D eigenvalue weighted by molar-refractivity contribution is 5.98. The molecule has 0 radical (unpaired) electrons. The van der Waals surface area contributed by atoms with Gasteiger partial charge in [0.1, 0.15) is 0 Å². The Morgan fingerprint density at radius 2 is 1.41 bits per heavy atom. The minimum atomic E-state index is -0.219. The molecule has 1 saturated carbocycles. The predicted molar refractivity (Wildman–Crippen MR) is 158 cm³/mol. The monoisotopic (exact) mass is 552 g/mol. The summed E-state index contributed by atoms with van der Waals surface area (Å²) in [6, 6.07) is 24.0. The van der Waals surface area contributed by atoms with E-state index in [0.29, 0.717) is 49.4 Å². The lowest BCUT2D eigenvalue weighted by molar-refractivity contribution is -0.135. The topological polar surface area (TPSA) is 98.8 Å². The molecule has 0 atom stereocenters. The summed E-state index contributed by atoms with van der Waals surface area (Å²) in [4.78, 5) is 54.5. The second kappa shape index (κ2) is 12.8. The average Bonchev–Trinajstić information content (AvgIpc) is 3.83. The van der Waals surface area contributed by atoms with Crippen LogP contribution in [0.1, 0.15) is 47.2 Å². The molecule has 5 rings (SSSR count). The number of piperidine rings is 1. The van der Waals surface area contributed by atoms with Crippen LogP contribution in [0.25, 0.3) is 0 Å². The van der Waals surface area contributed by atoms with Crippen LogP contribution in [0.15, 0.2) is 78.9 Å². The van der Waals surface area contributed by atoms with Crippen LogP contribution >= 0.6 is 0 Å². The second-order valence-electron chi connectivity index (χ2n) is 11.0. The Labute approximate surface area is 240 Å². The van der Waals surface area contributed by atoms with Gasteiger partial charge in [0.15, 0.2) is 0 Å². The lowest BCUT2D eigenvalue weighted by Crippen LogP contribution is -2.42. The summed E-state index contributed by atoms with van der Waals surface area (Å²) in [6.45, 7) is 1.75. The number of nitrogens with zero attached hydrogens (tertiary/aromatic N) is 2. The molecule has 1 aliphatic carbocycles. The zero-order valence-corrected chi connectivity index (χ0v) is 23.3. The third kappa shape index (κ3) is 7.60. The second-order valence-corrected chi connectivity index (χ2v) is 11.0. The SMILES string of the molecule is CN(Cc1ccccc1)C(=O)c1cccc(NC(=O)Cc2cccc(NC(=O)C3CCN(C(=O)C4CC4)CC3)c2)c1. The molecule has 0 bridgehead atoms. The predicted octanol–water partition coefficient (Wildman–Crippen LogP) is 4.73. The van der Waals surface area contributed by atoms with E-state index >= 15 is 0 Å². The van der Waals surface area contributed by atoms with E-state index in [-0.39, 0.29) is 41.9 Å². The number of hydrogen-bond donors (Lipinski definition) is 2. The van der Waals surface area contributed by atoms with Gasteiger partial charge in [-0.3, -0.25) is 19.2 Å². The lowest BCUT2D eigenvalue weighted by atomic mass is 9.95. The maximum atomic E-state index is 13.0. The van der Waals surface area contributed by atoms with Crippen molar-refractivity contribution in [3.05, 3.63) is 95.6 Å². The van der Waals surface area contributed by atoms with Gasteiger partial charge in [-0.25, -0.2) is 0 Å². The largest absolute Gasteiger partial charge is 0.342 e. The molecule has 1 aliphatic heterocycles. The molecule has 4 amide bonds. The molecule has 212 valence electrons. The molecule has 41 heavy (non-hydrogen) atoms. The number of amides is 4. The Morgan fingerprint density at radius 1 is 0.756 bits per heavy atom. The van der Waals surface area contributed by atoms with E-state index in [0.717, 1.165) is 24.0 Å². The van der Waals surface area contributed by atoms with Gasteiger partial charge in [-0.1, -0.05) is 48.5 Å². The molecule has 0 aromatic heterocycles. The third-order valence-electron chi connectivity index (χ3n) is 7.67. The number of hydrogen-bond acceptors (Lipinski definition) is 4. The molecule has 1 saturated heterocycles. The third-order valence-corrected chi connectivity index (χ3v) is 7.67. The van der Waals surface area contributed by atoms with Crippen molar-refractivity contribution in [2.75, 3.05) is 30.8 Å². The first kappa shape index (κ1) is 28.1. The maximum Gasteiger partial charge on any atom is 0.253 e. The summed E-state index contributed by atoms with van der Waals surface area (Å²) < 4.78 is 0. The molecule has 2 aliphatic rings. The molecule has 3 aromatic carbocycles. The van der Waals surface area contributed by atoms with Gasteiger partial charge >= 0.3 is 0 Å². The van der Waals surface area contributed by atoms with Gasteiger partial charge in [-0.05, 0) is 67.1 Å². The first-order valence-electron chi connectivity index (χ1n) is 14.2. The van der Waals surface area contributed by atoms with Crippen LogP contribution < -0.4 is 10.6 Å². The smallest absolute Gasteiger partial charge is 0.253 e. The first-order valence-corrected chi connectivity index (χ1v) is 14.2. The Balaban J connectivity index is 1.12. The molecule has 8 nitrogen and oxygen atoms in total. The zero-order chi connectivity index (χ0) is 28.8. The van der Waals surface area contributed by atoms with E-state index < -0.39 is 0 Å². The van der Waals surface area contributed by atoms with Crippen molar-refractivity contribution in [1.82, 2.24) is 9.80 Å². The Hall–Kier alpha value is -4.46. The minimum absolute atomic E-state index is 0.0520. The van der Waals surface area contributed by atoms with Crippen molar-refractivity contribution in [1.29, 1.82) is 0 Å². The molecule has 3 aromatic rings. The number of nitrogens with one attached hydrogen (secondary N) is 2. The van der Waals surface area contributed by atoms with E-state index in [2.05, 4.69) is 10.6 Å². The normalized spacial score (nSPS) is 15.2. The average molecular weight is 553 g/mol. The standard InChI is InChI=1S/C33H36N4O4/c1-36(22-23-7-3-2-4-8-23)32(40)27-10-6-12-29(21-27)34-30(38)20-24-9-5-11-28(19-24)35-31(39)25-15-17-37(18-16-25)33(41)26-13-14-26/h2-12,19,21,25-26H,13-18,20,22H2,1H3,(H,34,38)(H,35,39). The number of carbonyl (C=O) groups is 4. The van der Waals surface area contributed by atoms with Gasteiger partial charge in [-0.15, -0.1) is 0 Å². The summed E-state index contributed by atoms with van der Waals surface area (Å²) in [5.41, 5.74) is 3.49. The molecule has 0 spiro atoms. The number of likely N-dealkylation sites (tertiary alicyclic amines) is 1. The summed E-state index contributed by atoms with van der Waals surface area (Å²) in [7, 11) is 1.76. The van der Waals surface area contributed by atoms with Crippen LogP contribution in [0.4, 0.5) is 11.4 Å². The van der Waals surface area contributed by atoms with Crippen molar-refractivity contribution < 1.29 is 19.2 Å². The minimum Gasteiger partial charge on any atom is -0.342 e. The van der Waals surface area contributed by atoms with E-state index in [9.17, 15) is 19.2 Å². The van der Waals surface area contributed by atoms with Crippen molar-refractivity contribution in [3.63, 3.8) is 0 Å². The van der Waals surface area contributed by atoms with Gasteiger partial charge in [0.25, 0.3) is 5.91 Å². The van der Waals surface area contributed by atoms with Crippen molar-refractivity contribution in [3.8, 4) is 0 Å². The first-order chi connectivity index (χ1) is 19.9. The number of rotatable bonds is 9. The van der Waals surface area contributed by atoms with Crippen LogP contribution in [0, 0.1) is 11.8 Å². The van der Waals surface area contributed by atoms with Crippen LogP contribution in [0.3, 0.4) is 0 Å². The maximum absolute atomic E-state index is 13.0. The van der Waals surface area contributed by atoms with Crippen LogP contribution in [-0.4, -0.2) is 53.6 Å². The van der Waals surface area contributed by atoms with Crippen molar-refractivity contribution in [2.45, 2.75) is 38.6 Å². The van der Waals surface area contributed by atoms with E-state index in [1.165, 1.54) is 0 Å². The lowest BCUT2D eigenvalue weighted by Gasteiger charge is -2.31. The highest BCUT2D eigenvalue weighted by Gasteiger charge is 2.36. The molecule has 0 unspecified atom stereocenters. The van der Waals surface area contributed by atoms with Crippen LogP contribution in [0.2, 0.25) is 0 Å². The fraction of sp³-hybridized carbons (Fsp3) is 0.333. The summed E-state index contributed by atoms with van der Waals surface area (Å²) in [5, 5.41) is 5.87. The van der Waals surface area contributed by atoms with Crippen molar-refractivity contribution >= 4 is 35.0 Å². The fourth-order valence-electron chi connectivity index (χ4n) is 5.22. The highest BCUT2D eigenvalue weighted by atomic mass is 16.2. The summed E-state index contributed by atoms with van der Waals surface area (Å²) >= 11 is 0. The molecule has 2 N–H and O–H groups in total. The Kier molecular flexibility index (Phi) is 8.77. The van der Waals surface area contributed by atoms with E-state index in [1.54, 1.807) is 36.2 Å². The van der Waals surface area contributed by atoms with Gasteiger partial charge in [-0.2, -0.15) is 0 Å². The van der Waals surface area contributed by atoms with Gasteiger partial charge in [0.2, 0.25) is 17.7 Å². The molecule has 1 heterocycles. The quantitative estimate of drug-likeness (QED) is 0.401. The zero-order valence-electron chi connectivity index (χ0n) is 23.3. The van der Waals surface area contributed by atoms with Gasteiger partial charge in [0.05, 0.1) is 6.42 Å². The van der Waals surface area contributed by atoms with E-state index in [1.807, 2.05) is 59.5 Å². The van der Waals surface area contributed by atoms with Crippen molar-refractivity contribution in [2.24, 2.45) is 11.8 Å². The molecular formula is C33H36N4O4. The van der Waals surface area contributed by atoms with E-state index in [4.69, 9.17) is 0 Å². The molecule has 8 heteroatoms. The number of carbonyl (C=O) groups excluding carboxylic acids is 4. The highest BCUT2D eigenvalue weighted by Crippen LogP contribution is 2.32. The fourth-order valence-corrected chi connectivity index (χ4v) is 5.22.